The summed E-state index contributed by atoms with van der Waals surface area (Å²) in [6.45, 7) is 20.2. The lowest BCUT2D eigenvalue weighted by molar-refractivity contribution is -0.149. The van der Waals surface area contributed by atoms with Gasteiger partial charge in [-0.05, 0) is 33.6 Å². The second-order valence-corrected chi connectivity index (χ2v) is 4.28. The molecule has 1 aliphatic rings. The van der Waals surface area contributed by atoms with Gasteiger partial charge in [-0.2, -0.15) is 0 Å². The fraction of sp³-hybridized carbons (Fsp3) is 0.667. The molecule has 1 saturated heterocycles. The fourth-order valence-corrected chi connectivity index (χ4v) is 1.98. The average Bonchev–Trinajstić information content (AvgIpc) is 3.08. The number of nitrogens with zero attached hydrogens (tertiary/aromatic N) is 1. The summed E-state index contributed by atoms with van der Waals surface area (Å²) >= 11 is 0. The van der Waals surface area contributed by atoms with Gasteiger partial charge in [0.2, 0.25) is 5.91 Å². The van der Waals surface area contributed by atoms with E-state index in [4.69, 9.17) is 5.11 Å². The Labute approximate surface area is 136 Å². The zero-order valence-electron chi connectivity index (χ0n) is 15.5. The van der Waals surface area contributed by atoms with Crippen LogP contribution in [0.15, 0.2) is 24.8 Å². The average molecular weight is 313 g/mol. The summed E-state index contributed by atoms with van der Waals surface area (Å²) in [5.41, 5.74) is 0.987. The number of amides is 1. The standard InChI is InChI=1S/C12H19NO3.2C2H6.C2H4/c1-4-8(2)9(3)11(14)13-7-5-6-10(13)12(15)16;3*1-2/h4,9-10H,5-7H2,1-3H3,(H,15,16);2*1-2H3;1-2H2/b8-4+;;;/t9?,10-;;;/m0.../s1. The van der Waals surface area contributed by atoms with Crippen LogP contribution < -0.4 is 0 Å². The molecule has 1 amide bonds. The minimum absolute atomic E-state index is 0.0690. The summed E-state index contributed by atoms with van der Waals surface area (Å²) in [5, 5.41) is 9.00. The first-order valence-electron chi connectivity index (χ1n) is 8.15. The van der Waals surface area contributed by atoms with Gasteiger partial charge in [0.1, 0.15) is 6.04 Å². The van der Waals surface area contributed by atoms with Crippen LogP contribution in [0.4, 0.5) is 0 Å². The largest absolute Gasteiger partial charge is 0.480 e. The van der Waals surface area contributed by atoms with Crippen LogP contribution in [0.3, 0.4) is 0 Å². The highest BCUT2D eigenvalue weighted by Crippen LogP contribution is 2.22. The molecule has 0 aromatic rings. The Morgan fingerprint density at radius 3 is 2.05 bits per heavy atom. The van der Waals surface area contributed by atoms with Crippen LogP contribution in [-0.2, 0) is 9.59 Å². The molecule has 0 aromatic heterocycles. The van der Waals surface area contributed by atoms with Crippen molar-refractivity contribution in [2.24, 2.45) is 5.92 Å². The smallest absolute Gasteiger partial charge is 0.326 e. The molecular weight excluding hydrogens is 278 g/mol. The van der Waals surface area contributed by atoms with E-state index in [1.165, 1.54) is 4.90 Å². The third-order valence-corrected chi connectivity index (χ3v) is 3.33. The molecule has 1 unspecified atom stereocenters. The van der Waals surface area contributed by atoms with Crippen molar-refractivity contribution in [2.45, 2.75) is 67.3 Å². The second kappa shape index (κ2) is 15.8. The number of hydrogen-bond donors (Lipinski definition) is 1. The van der Waals surface area contributed by atoms with Crippen LogP contribution in [0.1, 0.15) is 61.3 Å². The molecule has 0 radical (unpaired) electrons. The molecular formula is C18H35NO3. The van der Waals surface area contributed by atoms with E-state index in [1.807, 2.05) is 54.5 Å². The van der Waals surface area contributed by atoms with Crippen LogP contribution >= 0.6 is 0 Å². The second-order valence-electron chi connectivity index (χ2n) is 4.28. The Morgan fingerprint density at radius 1 is 1.23 bits per heavy atom. The van der Waals surface area contributed by atoms with Gasteiger partial charge in [0.15, 0.2) is 0 Å². The van der Waals surface area contributed by atoms with Crippen molar-refractivity contribution in [3.8, 4) is 0 Å². The number of rotatable bonds is 3. The zero-order valence-corrected chi connectivity index (χ0v) is 15.5. The molecule has 1 rings (SSSR count). The van der Waals surface area contributed by atoms with Gasteiger partial charge in [-0.1, -0.05) is 39.3 Å². The molecule has 22 heavy (non-hydrogen) atoms. The van der Waals surface area contributed by atoms with Gasteiger partial charge in [-0.15, -0.1) is 13.2 Å². The Hall–Kier alpha value is -1.58. The molecule has 0 aliphatic carbocycles. The van der Waals surface area contributed by atoms with Crippen molar-refractivity contribution >= 4 is 11.9 Å². The van der Waals surface area contributed by atoms with E-state index in [0.717, 1.165) is 12.0 Å². The summed E-state index contributed by atoms with van der Waals surface area (Å²) in [6, 6.07) is -0.625. The number of allylic oxidation sites excluding steroid dienone is 1. The lowest BCUT2D eigenvalue weighted by Crippen LogP contribution is -2.43. The van der Waals surface area contributed by atoms with E-state index in [9.17, 15) is 9.59 Å². The van der Waals surface area contributed by atoms with E-state index < -0.39 is 12.0 Å². The molecule has 0 bridgehead atoms. The quantitative estimate of drug-likeness (QED) is 0.779. The molecule has 130 valence electrons. The topological polar surface area (TPSA) is 57.6 Å². The molecule has 0 saturated carbocycles. The van der Waals surface area contributed by atoms with Crippen LogP contribution in [-0.4, -0.2) is 34.5 Å². The van der Waals surface area contributed by atoms with Crippen LogP contribution in [0, 0.1) is 5.92 Å². The van der Waals surface area contributed by atoms with Crippen LogP contribution in [0.25, 0.3) is 0 Å². The number of carboxylic acids is 1. The Morgan fingerprint density at radius 2 is 1.68 bits per heavy atom. The minimum Gasteiger partial charge on any atom is -0.480 e. The van der Waals surface area contributed by atoms with Gasteiger partial charge >= 0.3 is 5.97 Å². The van der Waals surface area contributed by atoms with E-state index in [0.29, 0.717) is 13.0 Å². The fourth-order valence-electron chi connectivity index (χ4n) is 1.98. The van der Waals surface area contributed by atoms with Gasteiger partial charge in [0.25, 0.3) is 0 Å². The summed E-state index contributed by atoms with van der Waals surface area (Å²) in [7, 11) is 0. The Balaban J connectivity index is -0.000000535. The predicted molar refractivity (Wildman–Crippen MR) is 94.9 cm³/mol. The highest BCUT2D eigenvalue weighted by Gasteiger charge is 2.35. The van der Waals surface area contributed by atoms with Crippen molar-refractivity contribution in [2.75, 3.05) is 6.54 Å². The molecule has 4 heteroatoms. The zero-order chi connectivity index (χ0) is 18.3. The number of aliphatic carboxylic acids is 1. The van der Waals surface area contributed by atoms with Crippen molar-refractivity contribution in [3.63, 3.8) is 0 Å². The number of hydrogen-bond acceptors (Lipinski definition) is 2. The van der Waals surface area contributed by atoms with Gasteiger partial charge in [0, 0.05) is 6.54 Å². The van der Waals surface area contributed by atoms with Gasteiger partial charge in [-0.3, -0.25) is 4.79 Å². The maximum atomic E-state index is 12.1. The van der Waals surface area contributed by atoms with Crippen molar-refractivity contribution in [3.05, 3.63) is 24.8 Å². The summed E-state index contributed by atoms with van der Waals surface area (Å²) < 4.78 is 0. The maximum absolute atomic E-state index is 12.1. The van der Waals surface area contributed by atoms with Crippen molar-refractivity contribution in [1.82, 2.24) is 4.90 Å². The van der Waals surface area contributed by atoms with Crippen molar-refractivity contribution < 1.29 is 14.7 Å². The first-order chi connectivity index (χ1) is 10.5. The molecule has 0 aromatic carbocycles. The maximum Gasteiger partial charge on any atom is 0.326 e. The molecule has 1 fully saturated rings. The van der Waals surface area contributed by atoms with Gasteiger partial charge < -0.3 is 10.0 Å². The van der Waals surface area contributed by atoms with E-state index in [2.05, 4.69) is 13.2 Å². The Bertz CT molecular complexity index is 337. The minimum atomic E-state index is -0.892. The first-order valence-corrected chi connectivity index (χ1v) is 8.15. The van der Waals surface area contributed by atoms with Gasteiger partial charge in [-0.25, -0.2) is 4.79 Å². The molecule has 2 atom stereocenters. The number of likely N-dealkylation sites (tertiary alicyclic amines) is 1. The molecule has 4 nitrogen and oxygen atoms in total. The number of carboxylic acid groups (broad SMARTS) is 1. The van der Waals surface area contributed by atoms with Crippen LogP contribution in [0.5, 0.6) is 0 Å². The highest BCUT2D eigenvalue weighted by molar-refractivity contribution is 5.87. The SMILES string of the molecule is C/C=C(\C)C(C)C(=O)N1CCC[C@H]1C(=O)O.C=C.CC.CC. The third kappa shape index (κ3) is 8.01. The van der Waals surface area contributed by atoms with Gasteiger partial charge in [0.05, 0.1) is 5.92 Å². The predicted octanol–water partition coefficient (Wildman–Crippen LogP) is 4.52. The third-order valence-electron chi connectivity index (χ3n) is 3.33. The summed E-state index contributed by atoms with van der Waals surface area (Å²) in [6.07, 6.45) is 3.25. The highest BCUT2D eigenvalue weighted by atomic mass is 16.4. The lowest BCUT2D eigenvalue weighted by Gasteiger charge is -2.25. The Kier molecular flexibility index (Phi) is 18.2. The molecule has 1 N–H and O–H groups in total. The van der Waals surface area contributed by atoms with Crippen LogP contribution in [0.2, 0.25) is 0 Å². The molecule has 1 heterocycles. The van der Waals surface area contributed by atoms with E-state index in [-0.39, 0.29) is 11.8 Å². The van der Waals surface area contributed by atoms with Crippen molar-refractivity contribution in [1.29, 1.82) is 0 Å². The summed E-state index contributed by atoms with van der Waals surface area (Å²) in [5.74, 6) is -1.18. The lowest BCUT2D eigenvalue weighted by atomic mass is 10.0. The first kappa shape index (κ1) is 25.4. The number of carbonyl (C=O) groups excluding carboxylic acids is 1. The van der Waals surface area contributed by atoms with E-state index >= 15 is 0 Å². The molecule has 0 spiro atoms. The monoisotopic (exact) mass is 313 g/mol. The number of carbonyl (C=O) groups is 2. The summed E-state index contributed by atoms with van der Waals surface area (Å²) in [4.78, 5) is 24.6. The van der Waals surface area contributed by atoms with E-state index in [1.54, 1.807) is 0 Å². The molecule has 1 aliphatic heterocycles. The normalized spacial score (nSPS) is 17.7.